The minimum Gasteiger partial charge on any atom is -0.354 e. The highest BCUT2D eigenvalue weighted by Gasteiger charge is 2.11. The van der Waals surface area contributed by atoms with Crippen LogP contribution >= 0.6 is 0 Å². The molecule has 0 aliphatic rings. The third-order valence-corrected chi connectivity index (χ3v) is 4.23. The van der Waals surface area contributed by atoms with Gasteiger partial charge in [-0.3, -0.25) is 4.99 Å². The van der Waals surface area contributed by atoms with Crippen LogP contribution in [0.4, 0.5) is 0 Å². The highest BCUT2D eigenvalue weighted by atomic mass is 14.7. The Balaban J connectivity index is 2.65. The van der Waals surface area contributed by atoms with Crippen LogP contribution in [0, 0.1) is 13.8 Å². The van der Waals surface area contributed by atoms with Gasteiger partial charge in [0, 0.05) is 29.6 Å². The molecule has 0 atom stereocenters. The molecule has 0 saturated carbocycles. The number of rotatable bonds is 1. The number of hydrogen-bond donors (Lipinski definition) is 1. The fourth-order valence-electron chi connectivity index (χ4n) is 3.22. The lowest BCUT2D eigenvalue weighted by atomic mass is 9.99. The van der Waals surface area contributed by atoms with Gasteiger partial charge in [0.25, 0.3) is 0 Å². The first kappa shape index (κ1) is 13.6. The fourth-order valence-corrected chi connectivity index (χ4v) is 3.22. The molecule has 0 spiro atoms. The van der Waals surface area contributed by atoms with Crippen LogP contribution in [0.5, 0.6) is 0 Å². The summed E-state index contributed by atoms with van der Waals surface area (Å²) in [7, 11) is 1.80. The monoisotopic (exact) mass is 276 g/mol. The maximum atomic E-state index is 4.10. The summed E-state index contributed by atoms with van der Waals surface area (Å²) in [6.45, 7) is 6.49. The molecule has 0 saturated heterocycles. The maximum Gasteiger partial charge on any atom is 0.0503 e. The van der Waals surface area contributed by atoms with Gasteiger partial charge in [0.1, 0.15) is 0 Å². The number of aromatic nitrogens is 1. The Morgan fingerprint density at radius 1 is 1.05 bits per heavy atom. The molecule has 0 bridgehead atoms. The standard InChI is InChI=1S/C19H20N2/c1-5-14-12(2)18-16-8-6-7-9-17(16)21-19(18)13(3)15(14)10-11-20-4/h5-11,21H,1-4H3/b14-5-,15-10-,20-11+. The van der Waals surface area contributed by atoms with E-state index >= 15 is 0 Å². The van der Waals surface area contributed by atoms with Crippen LogP contribution in [0.3, 0.4) is 0 Å². The summed E-state index contributed by atoms with van der Waals surface area (Å²) in [4.78, 5) is 7.67. The first-order valence-electron chi connectivity index (χ1n) is 7.27. The molecular formula is C19H20N2. The smallest absolute Gasteiger partial charge is 0.0503 e. The Labute approximate surface area is 124 Å². The van der Waals surface area contributed by atoms with E-state index < -0.39 is 0 Å². The topological polar surface area (TPSA) is 28.1 Å². The normalized spacial score (nSPS) is 14.1. The van der Waals surface area contributed by atoms with Gasteiger partial charge in [-0.1, -0.05) is 24.3 Å². The van der Waals surface area contributed by atoms with Gasteiger partial charge < -0.3 is 4.98 Å². The molecule has 2 heteroatoms. The number of aromatic amines is 1. The Morgan fingerprint density at radius 3 is 2.52 bits per heavy atom. The molecule has 1 aromatic heterocycles. The van der Waals surface area contributed by atoms with Gasteiger partial charge in [-0.05, 0) is 54.5 Å². The van der Waals surface area contributed by atoms with Gasteiger partial charge in [-0.2, -0.15) is 0 Å². The zero-order chi connectivity index (χ0) is 15.0. The van der Waals surface area contributed by atoms with E-state index in [9.17, 15) is 0 Å². The van der Waals surface area contributed by atoms with Crippen molar-refractivity contribution in [2.75, 3.05) is 7.05 Å². The summed E-state index contributed by atoms with van der Waals surface area (Å²) < 4.78 is 0. The molecule has 0 aliphatic carbocycles. The molecule has 3 rings (SSSR count). The van der Waals surface area contributed by atoms with Crippen LogP contribution in [0.1, 0.15) is 18.1 Å². The van der Waals surface area contributed by atoms with E-state index in [1.807, 2.05) is 6.21 Å². The number of para-hydroxylation sites is 1. The van der Waals surface area contributed by atoms with Crippen LogP contribution in [0.25, 0.3) is 34.0 Å². The van der Waals surface area contributed by atoms with E-state index in [0.717, 1.165) is 0 Å². The Bertz CT molecular complexity index is 972. The van der Waals surface area contributed by atoms with Crippen molar-refractivity contribution in [3.63, 3.8) is 0 Å². The lowest BCUT2D eigenvalue weighted by Crippen LogP contribution is -2.30. The summed E-state index contributed by atoms with van der Waals surface area (Å²) in [6, 6.07) is 8.51. The van der Waals surface area contributed by atoms with E-state index in [1.54, 1.807) is 7.05 Å². The van der Waals surface area contributed by atoms with E-state index in [2.05, 4.69) is 67.2 Å². The Morgan fingerprint density at radius 2 is 1.81 bits per heavy atom. The molecule has 0 amide bonds. The zero-order valence-corrected chi connectivity index (χ0v) is 13.0. The molecule has 2 nitrogen and oxygen atoms in total. The molecule has 1 N–H and O–H groups in total. The average molecular weight is 276 g/mol. The van der Waals surface area contributed by atoms with Gasteiger partial charge in [0.05, 0.1) is 5.52 Å². The second kappa shape index (κ2) is 5.21. The predicted octanol–water partition coefficient (Wildman–Crippen LogP) is 3.22. The quantitative estimate of drug-likeness (QED) is 0.661. The fraction of sp³-hybridized carbons (Fsp3) is 0.211. The molecule has 21 heavy (non-hydrogen) atoms. The molecule has 0 unspecified atom stereocenters. The van der Waals surface area contributed by atoms with Crippen LogP contribution in [-0.4, -0.2) is 18.2 Å². The van der Waals surface area contributed by atoms with Crippen molar-refractivity contribution in [3.8, 4) is 0 Å². The number of aliphatic imine (C=N–C) groups is 1. The van der Waals surface area contributed by atoms with Crippen molar-refractivity contribution in [1.29, 1.82) is 0 Å². The second-order valence-corrected chi connectivity index (χ2v) is 5.36. The number of fused-ring (bicyclic) bond motifs is 3. The number of hydrogen-bond acceptors (Lipinski definition) is 1. The Kier molecular flexibility index (Phi) is 3.38. The van der Waals surface area contributed by atoms with Gasteiger partial charge in [0.2, 0.25) is 0 Å². The minimum absolute atomic E-state index is 1.20. The number of benzene rings is 2. The van der Waals surface area contributed by atoms with Crippen molar-refractivity contribution in [2.45, 2.75) is 20.8 Å². The highest BCUT2D eigenvalue weighted by molar-refractivity contribution is 6.10. The highest BCUT2D eigenvalue weighted by Crippen LogP contribution is 2.27. The zero-order valence-electron chi connectivity index (χ0n) is 13.0. The second-order valence-electron chi connectivity index (χ2n) is 5.36. The molecule has 0 fully saturated rings. The molecule has 0 radical (unpaired) electrons. The number of nitrogens with one attached hydrogen (secondary N) is 1. The summed E-state index contributed by atoms with van der Waals surface area (Å²) in [5.74, 6) is 0. The van der Waals surface area contributed by atoms with E-state index in [-0.39, 0.29) is 0 Å². The van der Waals surface area contributed by atoms with Crippen LogP contribution in [0.2, 0.25) is 0 Å². The third-order valence-electron chi connectivity index (χ3n) is 4.23. The maximum absolute atomic E-state index is 4.10. The first-order chi connectivity index (χ1) is 10.2. The Hall–Kier alpha value is -2.35. The average Bonchev–Trinajstić information content (AvgIpc) is 2.89. The minimum atomic E-state index is 1.20. The summed E-state index contributed by atoms with van der Waals surface area (Å²) >= 11 is 0. The molecule has 3 aromatic rings. The molecular weight excluding hydrogens is 256 g/mol. The van der Waals surface area contributed by atoms with Gasteiger partial charge in [-0.15, -0.1) is 0 Å². The van der Waals surface area contributed by atoms with Crippen molar-refractivity contribution in [1.82, 2.24) is 4.98 Å². The van der Waals surface area contributed by atoms with Crippen molar-refractivity contribution in [2.24, 2.45) is 4.99 Å². The largest absolute Gasteiger partial charge is 0.354 e. The van der Waals surface area contributed by atoms with Gasteiger partial charge in [0.15, 0.2) is 0 Å². The third kappa shape index (κ3) is 1.99. The van der Waals surface area contributed by atoms with Crippen LogP contribution in [0.15, 0.2) is 29.3 Å². The predicted molar refractivity (Wildman–Crippen MR) is 93.5 cm³/mol. The van der Waals surface area contributed by atoms with E-state index in [0.29, 0.717) is 0 Å². The summed E-state index contributed by atoms with van der Waals surface area (Å²) in [6.07, 6.45) is 6.16. The van der Waals surface area contributed by atoms with Crippen LogP contribution < -0.4 is 10.4 Å². The molecule has 106 valence electrons. The summed E-state index contributed by atoms with van der Waals surface area (Å²) in [5, 5.41) is 5.18. The number of nitrogens with zero attached hydrogens (tertiary/aromatic N) is 1. The van der Waals surface area contributed by atoms with Crippen molar-refractivity contribution in [3.05, 3.63) is 45.8 Å². The lowest BCUT2D eigenvalue weighted by molar-refractivity contribution is 1.33. The van der Waals surface area contributed by atoms with Crippen molar-refractivity contribution >= 4 is 40.2 Å². The van der Waals surface area contributed by atoms with E-state index in [1.165, 1.54) is 43.4 Å². The molecule has 1 heterocycles. The van der Waals surface area contributed by atoms with Gasteiger partial charge in [-0.25, -0.2) is 0 Å². The molecule has 2 aromatic carbocycles. The lowest BCUT2D eigenvalue weighted by Gasteiger charge is -2.05. The van der Waals surface area contributed by atoms with Gasteiger partial charge >= 0.3 is 0 Å². The summed E-state index contributed by atoms with van der Waals surface area (Å²) in [5.41, 5.74) is 5.03. The first-order valence-corrected chi connectivity index (χ1v) is 7.27. The van der Waals surface area contributed by atoms with Crippen molar-refractivity contribution < 1.29 is 0 Å². The number of aryl methyl sites for hydroxylation is 2. The SMILES string of the molecule is C/C=c1/c(C)c2c([nH]c3ccccc32)c(C)/c1=C/C=N/C. The number of H-pyrrole nitrogens is 1. The molecule has 0 aliphatic heterocycles. The van der Waals surface area contributed by atoms with Crippen LogP contribution in [-0.2, 0) is 0 Å². The van der Waals surface area contributed by atoms with E-state index in [4.69, 9.17) is 0 Å².